The first-order valence-corrected chi connectivity index (χ1v) is 5.11. The maximum Gasteiger partial charge on any atom is 0.253 e. The van der Waals surface area contributed by atoms with Crippen LogP contribution in [-0.2, 0) is 6.54 Å². The zero-order chi connectivity index (χ0) is 12.0. The fraction of sp³-hybridized carbons (Fsp3) is 0.364. The van der Waals surface area contributed by atoms with Gasteiger partial charge < -0.3 is 10.4 Å². The van der Waals surface area contributed by atoms with Gasteiger partial charge in [-0.15, -0.1) is 0 Å². The Balaban J connectivity index is 2.60. The molecular weight excluding hydrogens is 206 g/mol. The molecule has 5 heteroatoms. The molecule has 0 spiro atoms. The lowest BCUT2D eigenvalue weighted by molar-refractivity contribution is 0.0819. The molecule has 0 heterocycles. The van der Waals surface area contributed by atoms with Gasteiger partial charge in [-0.05, 0) is 31.7 Å². The van der Waals surface area contributed by atoms with Gasteiger partial charge in [-0.2, -0.15) is 0 Å². The maximum atomic E-state index is 11.5. The van der Waals surface area contributed by atoms with E-state index in [2.05, 4.69) is 16.2 Å². The number of nitrogens with one attached hydrogen (secondary N) is 3. The van der Waals surface area contributed by atoms with Gasteiger partial charge in [0, 0.05) is 12.1 Å². The molecule has 1 unspecified atom stereocenters. The Hall–Kier alpha value is -1.43. The minimum absolute atomic E-state index is 0.275. The summed E-state index contributed by atoms with van der Waals surface area (Å²) in [6, 6.07) is 7.18. The van der Waals surface area contributed by atoms with Crippen LogP contribution in [0.4, 0.5) is 0 Å². The second kappa shape index (κ2) is 6.22. The van der Waals surface area contributed by atoms with Crippen LogP contribution < -0.4 is 16.2 Å². The Morgan fingerprint density at radius 1 is 1.38 bits per heavy atom. The summed E-state index contributed by atoms with van der Waals surface area (Å²) in [6.45, 7) is 2.19. The minimum Gasteiger partial charge on any atom is -0.374 e. The Morgan fingerprint density at radius 3 is 2.50 bits per heavy atom. The van der Waals surface area contributed by atoms with E-state index < -0.39 is 6.23 Å². The van der Waals surface area contributed by atoms with Gasteiger partial charge in [-0.25, -0.2) is 0 Å². The second-order valence-electron chi connectivity index (χ2n) is 3.45. The first-order chi connectivity index (χ1) is 7.63. The summed E-state index contributed by atoms with van der Waals surface area (Å²) in [5.41, 5.74) is 7.38. The molecule has 0 fully saturated rings. The van der Waals surface area contributed by atoms with Crippen LogP contribution in [0.1, 0.15) is 22.8 Å². The molecule has 0 aliphatic heterocycles. The van der Waals surface area contributed by atoms with Crippen LogP contribution in [0, 0.1) is 0 Å². The molecule has 0 bridgehead atoms. The smallest absolute Gasteiger partial charge is 0.253 e. The fourth-order valence-corrected chi connectivity index (χ4v) is 1.24. The van der Waals surface area contributed by atoms with Gasteiger partial charge in [-0.3, -0.25) is 15.6 Å². The second-order valence-corrected chi connectivity index (χ2v) is 3.45. The maximum absolute atomic E-state index is 11.5. The summed E-state index contributed by atoms with van der Waals surface area (Å²) in [5, 5.41) is 11.4. The van der Waals surface area contributed by atoms with E-state index in [1.165, 1.54) is 6.92 Å². The zero-order valence-corrected chi connectivity index (χ0v) is 9.45. The van der Waals surface area contributed by atoms with E-state index >= 15 is 0 Å². The summed E-state index contributed by atoms with van der Waals surface area (Å²) in [6.07, 6.45) is -0.835. The molecule has 0 aromatic heterocycles. The molecule has 0 radical (unpaired) electrons. The number of benzene rings is 1. The molecule has 4 N–H and O–H groups in total. The van der Waals surface area contributed by atoms with Crippen LogP contribution in [0.25, 0.3) is 0 Å². The summed E-state index contributed by atoms with van der Waals surface area (Å²) in [4.78, 5) is 11.5. The lowest BCUT2D eigenvalue weighted by atomic mass is 10.1. The van der Waals surface area contributed by atoms with Crippen molar-refractivity contribution in [3.05, 3.63) is 35.4 Å². The van der Waals surface area contributed by atoms with Crippen LogP contribution >= 0.6 is 0 Å². The molecule has 1 aromatic carbocycles. The van der Waals surface area contributed by atoms with Crippen molar-refractivity contribution in [2.45, 2.75) is 19.7 Å². The Kier molecular flexibility index (Phi) is 4.91. The number of hydrogen-bond donors (Lipinski definition) is 4. The van der Waals surface area contributed by atoms with Crippen molar-refractivity contribution in [3.8, 4) is 0 Å². The fourth-order valence-electron chi connectivity index (χ4n) is 1.24. The minimum atomic E-state index is -0.835. The quantitative estimate of drug-likeness (QED) is 0.418. The standard InChI is InChI=1S/C11H17N3O2/c1-8(15)14-11(16)10-5-3-9(4-6-10)7-13-12-2/h3-6,8,12-13,15H,7H2,1-2H3,(H,14,16). The largest absolute Gasteiger partial charge is 0.374 e. The third-order valence-corrected chi connectivity index (χ3v) is 2.03. The Labute approximate surface area is 94.8 Å². The van der Waals surface area contributed by atoms with Crippen molar-refractivity contribution in [2.75, 3.05) is 7.05 Å². The zero-order valence-electron chi connectivity index (χ0n) is 9.45. The predicted octanol–water partition coefficient (Wildman–Crippen LogP) is -0.0213. The highest BCUT2D eigenvalue weighted by molar-refractivity contribution is 5.94. The van der Waals surface area contributed by atoms with Crippen LogP contribution in [0.2, 0.25) is 0 Å². The number of aliphatic hydroxyl groups is 1. The first-order valence-electron chi connectivity index (χ1n) is 5.11. The van der Waals surface area contributed by atoms with E-state index in [0.717, 1.165) is 5.56 Å². The van der Waals surface area contributed by atoms with Gasteiger partial charge in [0.15, 0.2) is 0 Å². The predicted molar refractivity (Wildman–Crippen MR) is 61.5 cm³/mol. The summed E-state index contributed by atoms with van der Waals surface area (Å²) in [7, 11) is 1.80. The van der Waals surface area contributed by atoms with Crippen molar-refractivity contribution >= 4 is 5.91 Å². The van der Waals surface area contributed by atoms with E-state index in [1.807, 2.05) is 12.1 Å². The molecule has 1 amide bonds. The van der Waals surface area contributed by atoms with Gasteiger partial charge in [-0.1, -0.05) is 12.1 Å². The number of hydrogen-bond acceptors (Lipinski definition) is 4. The van der Waals surface area contributed by atoms with E-state index in [4.69, 9.17) is 5.11 Å². The first kappa shape index (κ1) is 12.6. The highest BCUT2D eigenvalue weighted by Crippen LogP contribution is 2.04. The Bertz CT molecular complexity index is 336. The van der Waals surface area contributed by atoms with Crippen molar-refractivity contribution in [1.82, 2.24) is 16.2 Å². The molecular formula is C11H17N3O2. The van der Waals surface area contributed by atoms with E-state index in [0.29, 0.717) is 12.1 Å². The van der Waals surface area contributed by atoms with Crippen LogP contribution in [0.15, 0.2) is 24.3 Å². The lowest BCUT2D eigenvalue weighted by Gasteiger charge is -2.08. The van der Waals surface area contributed by atoms with Crippen LogP contribution in [0.3, 0.4) is 0 Å². The Morgan fingerprint density at radius 2 is 2.00 bits per heavy atom. The molecule has 0 aliphatic rings. The van der Waals surface area contributed by atoms with Gasteiger partial charge in [0.2, 0.25) is 0 Å². The highest BCUT2D eigenvalue weighted by Gasteiger charge is 2.06. The summed E-state index contributed by atoms with van der Waals surface area (Å²) in [5.74, 6) is -0.275. The number of rotatable bonds is 5. The van der Waals surface area contributed by atoms with E-state index in [9.17, 15) is 4.79 Å². The third-order valence-electron chi connectivity index (χ3n) is 2.03. The van der Waals surface area contributed by atoms with Crippen molar-refractivity contribution in [2.24, 2.45) is 0 Å². The SMILES string of the molecule is CNNCc1ccc(C(=O)NC(C)O)cc1. The summed E-state index contributed by atoms with van der Waals surface area (Å²) < 4.78 is 0. The average Bonchev–Trinajstić information content (AvgIpc) is 2.26. The molecule has 16 heavy (non-hydrogen) atoms. The third kappa shape index (κ3) is 3.98. The monoisotopic (exact) mass is 223 g/mol. The van der Waals surface area contributed by atoms with Crippen molar-refractivity contribution in [3.63, 3.8) is 0 Å². The molecule has 0 aliphatic carbocycles. The highest BCUT2D eigenvalue weighted by atomic mass is 16.3. The van der Waals surface area contributed by atoms with Gasteiger partial charge >= 0.3 is 0 Å². The van der Waals surface area contributed by atoms with Gasteiger partial charge in [0.1, 0.15) is 6.23 Å². The molecule has 1 atom stereocenters. The summed E-state index contributed by atoms with van der Waals surface area (Å²) >= 11 is 0. The average molecular weight is 223 g/mol. The number of amides is 1. The number of hydrazine groups is 1. The van der Waals surface area contributed by atoms with Crippen molar-refractivity contribution in [1.29, 1.82) is 0 Å². The normalized spacial score (nSPS) is 12.2. The molecule has 5 nitrogen and oxygen atoms in total. The molecule has 1 aromatic rings. The number of carbonyl (C=O) groups is 1. The van der Waals surface area contributed by atoms with E-state index in [1.54, 1.807) is 19.2 Å². The topological polar surface area (TPSA) is 73.4 Å². The van der Waals surface area contributed by atoms with Crippen molar-refractivity contribution < 1.29 is 9.90 Å². The van der Waals surface area contributed by atoms with Gasteiger partial charge in [0.05, 0.1) is 0 Å². The van der Waals surface area contributed by atoms with Gasteiger partial charge in [0.25, 0.3) is 5.91 Å². The molecule has 1 rings (SSSR count). The molecule has 0 saturated heterocycles. The lowest BCUT2D eigenvalue weighted by Crippen LogP contribution is -2.32. The van der Waals surface area contributed by atoms with Crippen LogP contribution in [0.5, 0.6) is 0 Å². The molecule has 0 saturated carbocycles. The molecule has 88 valence electrons. The van der Waals surface area contributed by atoms with Crippen LogP contribution in [-0.4, -0.2) is 24.3 Å². The number of aliphatic hydroxyl groups excluding tert-OH is 1. The number of carbonyl (C=O) groups excluding carboxylic acids is 1. The van der Waals surface area contributed by atoms with E-state index in [-0.39, 0.29) is 5.91 Å².